The molecule has 0 saturated heterocycles. The van der Waals surface area contributed by atoms with Crippen molar-refractivity contribution in [3.63, 3.8) is 0 Å². The first-order valence-electron chi connectivity index (χ1n) is 9.69. The van der Waals surface area contributed by atoms with Gasteiger partial charge in [0.2, 0.25) is 5.91 Å². The summed E-state index contributed by atoms with van der Waals surface area (Å²) in [6, 6.07) is 28.5. The highest BCUT2D eigenvalue weighted by Gasteiger charge is 2.08. The molecule has 4 heteroatoms. The Labute approximate surface area is 175 Å². The molecule has 0 aliphatic rings. The topological polar surface area (TPSA) is 42.0 Å². The van der Waals surface area contributed by atoms with Gasteiger partial charge in [-0.15, -0.1) is 11.3 Å². The average molecular weight is 399 g/mol. The van der Waals surface area contributed by atoms with Gasteiger partial charge in [0.1, 0.15) is 5.01 Å². The molecule has 1 heterocycles. The summed E-state index contributed by atoms with van der Waals surface area (Å²) in [5, 5.41) is 6.10. The number of benzene rings is 3. The SMILES string of the molecule is O=C(CCc1ccccc1)NCc1cccc(-c2nc(-c3ccccc3)cs2)c1. The van der Waals surface area contributed by atoms with E-state index in [9.17, 15) is 4.79 Å². The molecule has 0 atom stereocenters. The van der Waals surface area contributed by atoms with Gasteiger partial charge in [0.05, 0.1) is 5.69 Å². The maximum absolute atomic E-state index is 12.2. The predicted octanol–water partition coefficient (Wildman–Crippen LogP) is 5.73. The Bertz CT molecular complexity index is 1070. The first-order chi connectivity index (χ1) is 14.3. The van der Waals surface area contributed by atoms with Crippen molar-refractivity contribution in [3.8, 4) is 21.8 Å². The summed E-state index contributed by atoms with van der Waals surface area (Å²) in [4.78, 5) is 17.0. The van der Waals surface area contributed by atoms with Crippen LogP contribution in [0.25, 0.3) is 21.8 Å². The van der Waals surface area contributed by atoms with Crippen LogP contribution in [0.15, 0.2) is 90.3 Å². The van der Waals surface area contributed by atoms with Crippen molar-refractivity contribution >= 4 is 17.2 Å². The second kappa shape index (κ2) is 9.30. The molecule has 4 aromatic rings. The molecule has 0 unspecified atom stereocenters. The van der Waals surface area contributed by atoms with E-state index in [1.54, 1.807) is 11.3 Å². The fourth-order valence-corrected chi connectivity index (χ4v) is 3.98. The number of nitrogens with zero attached hydrogens (tertiary/aromatic N) is 1. The molecule has 29 heavy (non-hydrogen) atoms. The number of nitrogens with one attached hydrogen (secondary N) is 1. The lowest BCUT2D eigenvalue weighted by atomic mass is 10.1. The van der Waals surface area contributed by atoms with Crippen molar-refractivity contribution in [1.82, 2.24) is 10.3 Å². The number of aryl methyl sites for hydroxylation is 1. The number of carbonyl (C=O) groups is 1. The summed E-state index contributed by atoms with van der Waals surface area (Å²) in [6.07, 6.45) is 1.25. The van der Waals surface area contributed by atoms with Crippen LogP contribution in [0.2, 0.25) is 0 Å². The largest absolute Gasteiger partial charge is 0.352 e. The van der Waals surface area contributed by atoms with Gasteiger partial charge in [-0.3, -0.25) is 4.79 Å². The minimum absolute atomic E-state index is 0.0693. The third-order valence-corrected chi connectivity index (χ3v) is 5.61. The van der Waals surface area contributed by atoms with E-state index < -0.39 is 0 Å². The van der Waals surface area contributed by atoms with Gasteiger partial charge in [-0.25, -0.2) is 4.98 Å². The summed E-state index contributed by atoms with van der Waals surface area (Å²) in [5.74, 6) is 0.0693. The van der Waals surface area contributed by atoms with Crippen LogP contribution in [-0.2, 0) is 17.8 Å². The van der Waals surface area contributed by atoms with Gasteiger partial charge in [-0.2, -0.15) is 0 Å². The van der Waals surface area contributed by atoms with E-state index in [4.69, 9.17) is 4.98 Å². The molecule has 0 spiro atoms. The molecule has 0 aliphatic carbocycles. The summed E-state index contributed by atoms with van der Waals surface area (Å²) < 4.78 is 0. The van der Waals surface area contributed by atoms with Crippen LogP contribution in [0.4, 0.5) is 0 Å². The molecule has 144 valence electrons. The molecule has 0 radical (unpaired) electrons. The van der Waals surface area contributed by atoms with E-state index in [1.165, 1.54) is 5.56 Å². The van der Waals surface area contributed by atoms with Gasteiger partial charge in [-0.05, 0) is 23.6 Å². The van der Waals surface area contributed by atoms with Crippen LogP contribution < -0.4 is 5.32 Å². The lowest BCUT2D eigenvalue weighted by Gasteiger charge is -2.07. The summed E-state index contributed by atoms with van der Waals surface area (Å²) in [7, 11) is 0. The first kappa shape index (κ1) is 19.1. The maximum atomic E-state index is 12.2. The Kier molecular flexibility index (Phi) is 6.13. The molecule has 4 rings (SSSR count). The number of rotatable bonds is 7. The molecular weight excluding hydrogens is 376 g/mol. The van der Waals surface area contributed by atoms with Crippen molar-refractivity contribution in [2.24, 2.45) is 0 Å². The fraction of sp³-hybridized carbons (Fsp3) is 0.120. The quantitative estimate of drug-likeness (QED) is 0.432. The fourth-order valence-electron chi connectivity index (χ4n) is 3.15. The van der Waals surface area contributed by atoms with Crippen LogP contribution >= 0.6 is 11.3 Å². The molecule has 1 N–H and O–H groups in total. The van der Waals surface area contributed by atoms with Crippen molar-refractivity contribution < 1.29 is 4.79 Å². The number of hydrogen-bond acceptors (Lipinski definition) is 3. The molecule has 0 fully saturated rings. The number of carbonyl (C=O) groups excluding carboxylic acids is 1. The van der Waals surface area contributed by atoms with E-state index in [0.29, 0.717) is 13.0 Å². The standard InChI is InChI=1S/C25H22N2OS/c28-24(15-14-19-8-3-1-4-9-19)26-17-20-10-7-13-22(16-20)25-27-23(18-29-25)21-11-5-2-6-12-21/h1-13,16,18H,14-15,17H2,(H,26,28). The van der Waals surface area contributed by atoms with Gasteiger partial charge < -0.3 is 5.32 Å². The Balaban J connectivity index is 1.36. The second-order valence-electron chi connectivity index (χ2n) is 6.87. The van der Waals surface area contributed by atoms with Gasteiger partial charge >= 0.3 is 0 Å². The van der Waals surface area contributed by atoms with Crippen molar-refractivity contribution in [1.29, 1.82) is 0 Å². The van der Waals surface area contributed by atoms with Crippen molar-refractivity contribution in [2.75, 3.05) is 0 Å². The Hall–Kier alpha value is -3.24. The zero-order valence-electron chi connectivity index (χ0n) is 16.0. The van der Waals surface area contributed by atoms with E-state index in [1.807, 2.05) is 48.5 Å². The first-order valence-corrected chi connectivity index (χ1v) is 10.6. The number of amides is 1. The number of hydrogen-bond donors (Lipinski definition) is 1. The third kappa shape index (κ3) is 5.18. The predicted molar refractivity (Wildman–Crippen MR) is 120 cm³/mol. The highest BCUT2D eigenvalue weighted by molar-refractivity contribution is 7.13. The summed E-state index contributed by atoms with van der Waals surface area (Å²) >= 11 is 1.64. The lowest BCUT2D eigenvalue weighted by Crippen LogP contribution is -2.22. The Morgan fingerprint density at radius 1 is 0.828 bits per heavy atom. The van der Waals surface area contributed by atoms with Crippen molar-refractivity contribution in [2.45, 2.75) is 19.4 Å². The average Bonchev–Trinajstić information content (AvgIpc) is 3.28. The van der Waals surface area contributed by atoms with E-state index in [-0.39, 0.29) is 5.91 Å². The minimum Gasteiger partial charge on any atom is -0.352 e. The number of aromatic nitrogens is 1. The smallest absolute Gasteiger partial charge is 0.220 e. The van der Waals surface area contributed by atoms with Crippen molar-refractivity contribution in [3.05, 3.63) is 101 Å². The number of thiazole rings is 1. The summed E-state index contributed by atoms with van der Waals surface area (Å²) in [5.41, 5.74) is 5.45. The Morgan fingerprint density at radius 3 is 2.31 bits per heavy atom. The van der Waals surface area contributed by atoms with Gasteiger partial charge in [0.25, 0.3) is 0 Å². The van der Waals surface area contributed by atoms with Gasteiger partial charge in [0, 0.05) is 29.5 Å². The molecule has 3 aromatic carbocycles. The normalized spacial score (nSPS) is 10.6. The van der Waals surface area contributed by atoms with Crippen LogP contribution in [0.5, 0.6) is 0 Å². The van der Waals surface area contributed by atoms with E-state index >= 15 is 0 Å². The van der Waals surface area contributed by atoms with Crippen LogP contribution in [0.1, 0.15) is 17.5 Å². The summed E-state index contributed by atoms with van der Waals surface area (Å²) in [6.45, 7) is 0.526. The minimum atomic E-state index is 0.0693. The van der Waals surface area contributed by atoms with Gasteiger partial charge in [-0.1, -0.05) is 78.9 Å². The van der Waals surface area contributed by atoms with Crippen LogP contribution in [-0.4, -0.2) is 10.9 Å². The monoisotopic (exact) mass is 398 g/mol. The molecular formula is C25H22N2OS. The Morgan fingerprint density at radius 2 is 1.52 bits per heavy atom. The maximum Gasteiger partial charge on any atom is 0.220 e. The molecule has 0 aliphatic heterocycles. The molecule has 0 saturated carbocycles. The zero-order chi connectivity index (χ0) is 19.9. The van der Waals surface area contributed by atoms with Gasteiger partial charge in [0.15, 0.2) is 0 Å². The highest BCUT2D eigenvalue weighted by atomic mass is 32.1. The highest BCUT2D eigenvalue weighted by Crippen LogP contribution is 2.29. The lowest BCUT2D eigenvalue weighted by molar-refractivity contribution is -0.121. The molecule has 1 aromatic heterocycles. The van der Waals surface area contributed by atoms with Crippen LogP contribution in [0, 0.1) is 0 Å². The van der Waals surface area contributed by atoms with Crippen LogP contribution in [0.3, 0.4) is 0 Å². The molecule has 1 amide bonds. The zero-order valence-corrected chi connectivity index (χ0v) is 16.9. The molecule has 3 nitrogen and oxygen atoms in total. The third-order valence-electron chi connectivity index (χ3n) is 4.72. The molecule has 0 bridgehead atoms. The second-order valence-corrected chi connectivity index (χ2v) is 7.72. The van der Waals surface area contributed by atoms with E-state index in [0.717, 1.165) is 33.8 Å². The van der Waals surface area contributed by atoms with E-state index in [2.05, 4.69) is 47.1 Å².